The maximum Gasteiger partial charge on any atom is 0.302 e. The third-order valence-corrected chi connectivity index (χ3v) is 5.81. The molecule has 3 aromatic rings. The summed E-state index contributed by atoms with van der Waals surface area (Å²) in [6.07, 6.45) is 5.93. The van der Waals surface area contributed by atoms with Crippen LogP contribution in [0.3, 0.4) is 0 Å². The van der Waals surface area contributed by atoms with Crippen LogP contribution in [-0.4, -0.2) is 30.6 Å². The molecule has 0 unspecified atom stereocenters. The smallest absolute Gasteiger partial charge is 0.302 e. The fourth-order valence-electron chi connectivity index (χ4n) is 4.67. The number of hydrogen-bond acceptors (Lipinski definition) is 3. The molecule has 3 heteroatoms. The van der Waals surface area contributed by atoms with Gasteiger partial charge in [-0.25, -0.2) is 0 Å². The van der Waals surface area contributed by atoms with Gasteiger partial charge >= 0.3 is 5.97 Å². The minimum atomic E-state index is -0.436. The molecule has 156 valence electrons. The van der Waals surface area contributed by atoms with Crippen LogP contribution in [0.4, 0.5) is 0 Å². The highest BCUT2D eigenvalue weighted by molar-refractivity contribution is 5.83. The van der Waals surface area contributed by atoms with Crippen molar-refractivity contribution >= 4 is 5.97 Å². The molecule has 3 aromatic carbocycles. The van der Waals surface area contributed by atoms with E-state index < -0.39 is 5.54 Å². The molecule has 0 bridgehead atoms. The molecule has 0 amide bonds. The van der Waals surface area contributed by atoms with Gasteiger partial charge in [-0.05, 0) is 33.9 Å². The topological polar surface area (TPSA) is 29.5 Å². The van der Waals surface area contributed by atoms with Gasteiger partial charge in [0.1, 0.15) is 6.61 Å². The lowest BCUT2D eigenvalue weighted by Gasteiger charge is -2.43. The van der Waals surface area contributed by atoms with Gasteiger partial charge in [0.2, 0.25) is 0 Å². The zero-order valence-corrected chi connectivity index (χ0v) is 17.8. The summed E-state index contributed by atoms with van der Waals surface area (Å²) in [5, 5.41) is 0. The predicted molar refractivity (Wildman–Crippen MR) is 126 cm³/mol. The summed E-state index contributed by atoms with van der Waals surface area (Å²) >= 11 is 0. The molecule has 0 radical (unpaired) electrons. The number of ether oxygens (including phenoxy) is 1. The van der Waals surface area contributed by atoms with Crippen LogP contribution in [0.25, 0.3) is 11.1 Å². The number of rotatable bonds is 8. The summed E-state index contributed by atoms with van der Waals surface area (Å²) in [6, 6.07) is 28.0. The minimum absolute atomic E-state index is 0.271. The molecule has 1 aliphatic rings. The fraction of sp³-hybridized carbons (Fsp3) is 0.179. The number of fused-ring (bicyclic) bond motifs is 3. The number of benzene rings is 3. The number of carbonyl (C=O) groups is 1. The third kappa shape index (κ3) is 3.73. The molecule has 0 spiro atoms. The van der Waals surface area contributed by atoms with E-state index in [1.54, 1.807) is 0 Å². The van der Waals surface area contributed by atoms with E-state index in [9.17, 15) is 4.79 Å². The molecule has 0 aliphatic heterocycles. The molecule has 0 saturated carbocycles. The van der Waals surface area contributed by atoms with Crippen molar-refractivity contribution < 1.29 is 9.53 Å². The zero-order chi connectivity index (χ0) is 21.7. The van der Waals surface area contributed by atoms with Crippen molar-refractivity contribution in [1.82, 2.24) is 4.90 Å². The van der Waals surface area contributed by atoms with Gasteiger partial charge in [0.15, 0.2) is 0 Å². The molecule has 31 heavy (non-hydrogen) atoms. The standard InChI is InChI=1S/C28H27NO2/c1-3-19-29(20-11-12-21-31-22(2)30)28(23-13-5-4-6-14-23)26-17-9-7-15-24(26)25-16-8-10-18-27(25)28/h3-18H,1,19-21H2,2H3/b12-11+. The molecule has 0 fully saturated rings. The van der Waals surface area contributed by atoms with Crippen LogP contribution < -0.4 is 0 Å². The first kappa shape index (κ1) is 20.8. The van der Waals surface area contributed by atoms with E-state index in [-0.39, 0.29) is 12.6 Å². The van der Waals surface area contributed by atoms with E-state index in [0.29, 0.717) is 13.1 Å². The molecule has 0 aromatic heterocycles. The van der Waals surface area contributed by atoms with Gasteiger partial charge in [0, 0.05) is 20.0 Å². The van der Waals surface area contributed by atoms with Crippen molar-refractivity contribution in [2.45, 2.75) is 12.5 Å². The van der Waals surface area contributed by atoms with Crippen molar-refractivity contribution in [3.05, 3.63) is 120 Å². The maximum absolute atomic E-state index is 11.1. The highest BCUT2D eigenvalue weighted by atomic mass is 16.5. The summed E-state index contributed by atoms with van der Waals surface area (Å²) < 4.78 is 5.07. The van der Waals surface area contributed by atoms with Gasteiger partial charge in [-0.15, -0.1) is 6.58 Å². The molecule has 0 N–H and O–H groups in total. The largest absolute Gasteiger partial charge is 0.462 e. The molecular weight excluding hydrogens is 382 g/mol. The molecule has 4 rings (SSSR count). The van der Waals surface area contributed by atoms with E-state index >= 15 is 0 Å². The summed E-state index contributed by atoms with van der Waals surface area (Å²) in [4.78, 5) is 13.5. The summed E-state index contributed by atoms with van der Waals surface area (Å²) in [5.74, 6) is -0.271. The monoisotopic (exact) mass is 409 g/mol. The summed E-state index contributed by atoms with van der Waals surface area (Å²) in [5.41, 5.74) is 5.87. The van der Waals surface area contributed by atoms with E-state index in [2.05, 4.69) is 96.4 Å². The SMILES string of the molecule is C=CCN(C/C=C/COC(C)=O)C1(c2ccccc2)c2ccccc2-c2ccccc21. The first-order valence-electron chi connectivity index (χ1n) is 10.6. The maximum atomic E-state index is 11.1. The van der Waals surface area contributed by atoms with Crippen molar-refractivity contribution in [3.63, 3.8) is 0 Å². The number of nitrogens with zero attached hydrogens (tertiary/aromatic N) is 1. The van der Waals surface area contributed by atoms with Crippen LogP contribution in [0.1, 0.15) is 23.6 Å². The van der Waals surface area contributed by atoms with Gasteiger partial charge in [-0.2, -0.15) is 0 Å². The van der Waals surface area contributed by atoms with Crippen molar-refractivity contribution in [2.24, 2.45) is 0 Å². The molecule has 0 heterocycles. The summed E-state index contributed by atoms with van der Waals surface area (Å²) in [7, 11) is 0. The van der Waals surface area contributed by atoms with Gasteiger partial charge in [-0.1, -0.05) is 91.0 Å². The van der Waals surface area contributed by atoms with Gasteiger partial charge < -0.3 is 4.74 Å². The van der Waals surface area contributed by atoms with Crippen LogP contribution in [-0.2, 0) is 15.1 Å². The van der Waals surface area contributed by atoms with Crippen LogP contribution in [0, 0.1) is 0 Å². The average molecular weight is 410 g/mol. The lowest BCUT2D eigenvalue weighted by atomic mass is 9.79. The Labute approximate surface area is 184 Å². The molecule has 3 nitrogen and oxygen atoms in total. The Hall–Kier alpha value is -3.43. The average Bonchev–Trinajstić information content (AvgIpc) is 3.10. The fourth-order valence-corrected chi connectivity index (χ4v) is 4.67. The second kappa shape index (κ2) is 9.15. The first-order chi connectivity index (χ1) is 15.2. The molecule has 0 atom stereocenters. The van der Waals surface area contributed by atoms with Gasteiger partial charge in [0.25, 0.3) is 0 Å². The van der Waals surface area contributed by atoms with Gasteiger partial charge in [0.05, 0.1) is 5.54 Å². The lowest BCUT2D eigenvalue weighted by Crippen LogP contribution is -2.47. The highest BCUT2D eigenvalue weighted by Crippen LogP contribution is 2.54. The Balaban J connectivity index is 1.88. The Bertz CT molecular complexity index is 1060. The Morgan fingerprint density at radius 2 is 1.45 bits per heavy atom. The Kier molecular flexibility index (Phi) is 6.15. The molecular formula is C28H27NO2. The summed E-state index contributed by atoms with van der Waals surface area (Å²) in [6.45, 7) is 7.14. The van der Waals surface area contributed by atoms with Crippen LogP contribution >= 0.6 is 0 Å². The third-order valence-electron chi connectivity index (χ3n) is 5.81. The van der Waals surface area contributed by atoms with Crippen molar-refractivity contribution in [1.29, 1.82) is 0 Å². The minimum Gasteiger partial charge on any atom is -0.462 e. The molecule has 1 aliphatic carbocycles. The normalized spacial score (nSPS) is 13.7. The number of hydrogen-bond donors (Lipinski definition) is 0. The van der Waals surface area contributed by atoms with E-state index in [0.717, 1.165) is 0 Å². The van der Waals surface area contributed by atoms with Crippen molar-refractivity contribution in [3.8, 4) is 11.1 Å². The first-order valence-corrected chi connectivity index (χ1v) is 10.6. The van der Waals surface area contributed by atoms with Gasteiger partial charge in [-0.3, -0.25) is 9.69 Å². The van der Waals surface area contributed by atoms with Crippen LogP contribution in [0.15, 0.2) is 104 Å². The van der Waals surface area contributed by atoms with E-state index in [1.165, 1.54) is 34.7 Å². The van der Waals surface area contributed by atoms with Crippen LogP contribution in [0.5, 0.6) is 0 Å². The second-order valence-corrected chi connectivity index (χ2v) is 7.64. The highest BCUT2D eigenvalue weighted by Gasteiger charge is 2.48. The lowest BCUT2D eigenvalue weighted by molar-refractivity contribution is -0.139. The zero-order valence-electron chi connectivity index (χ0n) is 17.8. The quantitative estimate of drug-likeness (QED) is 0.360. The second-order valence-electron chi connectivity index (χ2n) is 7.64. The molecule has 0 saturated heterocycles. The van der Waals surface area contributed by atoms with E-state index in [4.69, 9.17) is 4.74 Å². The Morgan fingerprint density at radius 3 is 2.03 bits per heavy atom. The number of esters is 1. The number of carbonyl (C=O) groups excluding carboxylic acids is 1. The predicted octanol–water partition coefficient (Wildman–Crippen LogP) is 5.57. The Morgan fingerprint density at radius 1 is 0.871 bits per heavy atom. The van der Waals surface area contributed by atoms with Crippen molar-refractivity contribution in [2.75, 3.05) is 19.7 Å². The van der Waals surface area contributed by atoms with E-state index in [1.807, 2.05) is 12.2 Å². The van der Waals surface area contributed by atoms with Crippen LogP contribution in [0.2, 0.25) is 0 Å².